The number of aromatic nitrogens is 1. The number of para-hydroxylation sites is 1. The molecule has 0 radical (unpaired) electrons. The smallest absolute Gasteiger partial charge is 0.254 e. The number of rotatable bonds is 13. The molecule has 0 spiro atoms. The number of nitrogens with zero attached hydrogens (tertiary/aromatic N) is 2. The SMILES string of the molecule is CCCN(CC(=O)N(CCc1c[nH]c2ccccc12)Cc1ccc(OC)c(OC)c1)C(=O)c1ccc(CC)cc1. The van der Waals surface area contributed by atoms with Crippen molar-refractivity contribution in [1.82, 2.24) is 14.8 Å². The number of ether oxygens (including phenoxy) is 2. The van der Waals surface area contributed by atoms with Crippen molar-refractivity contribution in [2.45, 2.75) is 39.7 Å². The summed E-state index contributed by atoms with van der Waals surface area (Å²) in [6.45, 7) is 5.52. The molecule has 0 unspecified atom stereocenters. The number of aryl methyl sites for hydroxylation is 1. The first kappa shape index (κ1) is 28.7. The van der Waals surface area contributed by atoms with Crippen LogP contribution in [0.4, 0.5) is 0 Å². The summed E-state index contributed by atoms with van der Waals surface area (Å²) in [6, 6.07) is 21.5. The van der Waals surface area contributed by atoms with E-state index in [-0.39, 0.29) is 18.4 Å². The Labute approximate surface area is 236 Å². The highest BCUT2D eigenvalue weighted by Gasteiger charge is 2.23. The van der Waals surface area contributed by atoms with Gasteiger partial charge in [-0.2, -0.15) is 0 Å². The summed E-state index contributed by atoms with van der Waals surface area (Å²) >= 11 is 0. The quantitative estimate of drug-likeness (QED) is 0.230. The second kappa shape index (κ2) is 13.7. The summed E-state index contributed by atoms with van der Waals surface area (Å²) < 4.78 is 10.9. The topological polar surface area (TPSA) is 74.9 Å². The van der Waals surface area contributed by atoms with E-state index in [1.807, 2.05) is 78.7 Å². The first-order valence-electron chi connectivity index (χ1n) is 13.9. The Morgan fingerprint density at radius 2 is 1.55 bits per heavy atom. The number of H-pyrrole nitrogens is 1. The van der Waals surface area contributed by atoms with E-state index >= 15 is 0 Å². The fraction of sp³-hybridized carbons (Fsp3) is 0.333. The molecule has 0 fully saturated rings. The van der Waals surface area contributed by atoms with E-state index in [1.54, 1.807) is 19.1 Å². The molecule has 0 aliphatic heterocycles. The van der Waals surface area contributed by atoms with Gasteiger partial charge in [0, 0.05) is 42.3 Å². The number of aromatic amines is 1. The average molecular weight is 542 g/mol. The van der Waals surface area contributed by atoms with Crippen molar-refractivity contribution in [1.29, 1.82) is 0 Å². The summed E-state index contributed by atoms with van der Waals surface area (Å²) in [7, 11) is 3.20. The van der Waals surface area contributed by atoms with Gasteiger partial charge < -0.3 is 24.3 Å². The molecule has 1 heterocycles. The maximum Gasteiger partial charge on any atom is 0.254 e. The van der Waals surface area contributed by atoms with E-state index in [9.17, 15) is 9.59 Å². The fourth-order valence-corrected chi connectivity index (χ4v) is 4.94. The van der Waals surface area contributed by atoms with Crippen LogP contribution in [0.15, 0.2) is 72.9 Å². The van der Waals surface area contributed by atoms with E-state index in [1.165, 1.54) is 5.56 Å². The molecule has 40 heavy (non-hydrogen) atoms. The Balaban J connectivity index is 1.56. The minimum Gasteiger partial charge on any atom is -0.493 e. The van der Waals surface area contributed by atoms with Crippen LogP contribution in [-0.4, -0.2) is 60.5 Å². The highest BCUT2D eigenvalue weighted by atomic mass is 16.5. The standard InChI is InChI=1S/C33H39N3O4/c1-5-18-36(33(38)26-14-11-24(6-2)12-15-26)23-32(37)35(22-25-13-16-30(39-3)31(20-25)40-4)19-17-27-21-34-29-10-8-7-9-28(27)29/h7-16,20-21,34H,5-6,17-19,22-23H2,1-4H3. The van der Waals surface area contributed by atoms with Gasteiger partial charge in [-0.25, -0.2) is 0 Å². The van der Waals surface area contributed by atoms with E-state index in [2.05, 4.69) is 18.0 Å². The van der Waals surface area contributed by atoms with Crippen LogP contribution in [0.1, 0.15) is 47.3 Å². The highest BCUT2D eigenvalue weighted by Crippen LogP contribution is 2.28. The van der Waals surface area contributed by atoms with Gasteiger partial charge in [0.05, 0.1) is 14.2 Å². The van der Waals surface area contributed by atoms with Crippen molar-refractivity contribution in [3.63, 3.8) is 0 Å². The molecule has 210 valence electrons. The molecule has 4 aromatic rings. The molecule has 7 nitrogen and oxygen atoms in total. The van der Waals surface area contributed by atoms with Crippen LogP contribution >= 0.6 is 0 Å². The number of nitrogens with one attached hydrogen (secondary N) is 1. The first-order valence-corrected chi connectivity index (χ1v) is 13.9. The summed E-state index contributed by atoms with van der Waals surface area (Å²) in [5.74, 6) is 1.03. The van der Waals surface area contributed by atoms with Gasteiger partial charge in [-0.15, -0.1) is 0 Å². The van der Waals surface area contributed by atoms with Crippen LogP contribution in [0.3, 0.4) is 0 Å². The summed E-state index contributed by atoms with van der Waals surface area (Å²) in [6.07, 6.45) is 4.37. The molecule has 0 aliphatic rings. The lowest BCUT2D eigenvalue weighted by atomic mass is 10.1. The molecule has 1 N–H and O–H groups in total. The summed E-state index contributed by atoms with van der Waals surface area (Å²) in [4.78, 5) is 34.1. The number of benzene rings is 3. The molecule has 0 saturated heterocycles. The van der Waals surface area contributed by atoms with Crippen molar-refractivity contribution in [3.05, 3.63) is 95.2 Å². The van der Waals surface area contributed by atoms with E-state index < -0.39 is 0 Å². The minimum atomic E-state index is -0.124. The zero-order valence-corrected chi connectivity index (χ0v) is 23.9. The highest BCUT2D eigenvalue weighted by molar-refractivity contribution is 5.96. The normalized spacial score (nSPS) is 10.9. The second-order valence-corrected chi connectivity index (χ2v) is 9.89. The third-order valence-electron chi connectivity index (χ3n) is 7.22. The van der Waals surface area contributed by atoms with Gasteiger partial charge in [-0.05, 0) is 66.3 Å². The van der Waals surface area contributed by atoms with Gasteiger partial charge in [-0.3, -0.25) is 9.59 Å². The number of hydrogen-bond donors (Lipinski definition) is 1. The Morgan fingerprint density at radius 1 is 0.825 bits per heavy atom. The molecule has 2 amide bonds. The van der Waals surface area contributed by atoms with Crippen LogP contribution in [0, 0.1) is 0 Å². The molecule has 1 aromatic heterocycles. The lowest BCUT2D eigenvalue weighted by molar-refractivity contribution is -0.132. The third-order valence-corrected chi connectivity index (χ3v) is 7.22. The number of hydrogen-bond acceptors (Lipinski definition) is 4. The van der Waals surface area contributed by atoms with Crippen molar-refractivity contribution in [3.8, 4) is 11.5 Å². The molecule has 0 bridgehead atoms. The molecule has 0 atom stereocenters. The van der Waals surface area contributed by atoms with Gasteiger partial charge in [0.25, 0.3) is 5.91 Å². The van der Waals surface area contributed by atoms with Crippen LogP contribution in [0.25, 0.3) is 10.9 Å². The number of fused-ring (bicyclic) bond motifs is 1. The van der Waals surface area contributed by atoms with E-state index in [0.29, 0.717) is 43.1 Å². The molecule has 0 saturated carbocycles. The second-order valence-electron chi connectivity index (χ2n) is 9.89. The van der Waals surface area contributed by atoms with Gasteiger partial charge in [0.2, 0.25) is 5.91 Å². The van der Waals surface area contributed by atoms with Crippen molar-refractivity contribution < 1.29 is 19.1 Å². The van der Waals surface area contributed by atoms with Gasteiger partial charge in [-0.1, -0.05) is 50.2 Å². The predicted molar refractivity (Wildman–Crippen MR) is 159 cm³/mol. The Kier molecular flexibility index (Phi) is 9.84. The third kappa shape index (κ3) is 6.84. The molecule has 0 aliphatic carbocycles. The summed E-state index contributed by atoms with van der Waals surface area (Å²) in [5, 5.41) is 1.15. The van der Waals surface area contributed by atoms with Crippen LogP contribution in [0.5, 0.6) is 11.5 Å². The first-order chi connectivity index (χ1) is 19.5. The zero-order chi connectivity index (χ0) is 28.5. The predicted octanol–water partition coefficient (Wildman–Crippen LogP) is 5.87. The van der Waals surface area contributed by atoms with Gasteiger partial charge in [0.15, 0.2) is 11.5 Å². The molecule has 7 heteroatoms. The van der Waals surface area contributed by atoms with Gasteiger partial charge >= 0.3 is 0 Å². The molecular weight excluding hydrogens is 502 g/mol. The maximum absolute atomic E-state index is 13.8. The Morgan fingerprint density at radius 3 is 2.25 bits per heavy atom. The van der Waals surface area contributed by atoms with Gasteiger partial charge in [0.1, 0.15) is 6.54 Å². The number of carbonyl (C=O) groups is 2. The Hall–Kier alpha value is -4.26. The van der Waals surface area contributed by atoms with E-state index in [4.69, 9.17) is 9.47 Å². The van der Waals surface area contributed by atoms with Crippen molar-refractivity contribution in [2.75, 3.05) is 33.9 Å². The minimum absolute atomic E-state index is 0.0172. The molecular formula is C33H39N3O4. The Bertz CT molecular complexity index is 1430. The van der Waals surface area contributed by atoms with E-state index in [0.717, 1.165) is 34.9 Å². The molecule has 3 aromatic carbocycles. The summed E-state index contributed by atoms with van der Waals surface area (Å²) in [5.41, 5.74) is 4.92. The fourth-order valence-electron chi connectivity index (χ4n) is 4.94. The number of carbonyl (C=O) groups excluding carboxylic acids is 2. The lowest BCUT2D eigenvalue weighted by Crippen LogP contribution is -2.43. The monoisotopic (exact) mass is 541 g/mol. The average Bonchev–Trinajstić information content (AvgIpc) is 3.41. The number of methoxy groups -OCH3 is 2. The number of amides is 2. The van der Waals surface area contributed by atoms with Crippen LogP contribution < -0.4 is 9.47 Å². The largest absolute Gasteiger partial charge is 0.493 e. The van der Waals surface area contributed by atoms with Crippen LogP contribution in [-0.2, 0) is 24.2 Å². The van der Waals surface area contributed by atoms with Crippen molar-refractivity contribution >= 4 is 22.7 Å². The molecule has 4 rings (SSSR count). The maximum atomic E-state index is 13.8. The van der Waals surface area contributed by atoms with Crippen LogP contribution in [0.2, 0.25) is 0 Å². The van der Waals surface area contributed by atoms with Crippen molar-refractivity contribution in [2.24, 2.45) is 0 Å². The lowest BCUT2D eigenvalue weighted by Gasteiger charge is -2.28. The zero-order valence-electron chi connectivity index (χ0n) is 23.9.